The lowest BCUT2D eigenvalue weighted by molar-refractivity contribution is -0.122. The fraction of sp³-hybridized carbons (Fsp3) is 0.111. The molecule has 2 aliphatic heterocycles. The van der Waals surface area contributed by atoms with Crippen molar-refractivity contribution in [3.8, 4) is 11.1 Å². The average Bonchev–Trinajstić information content (AvgIpc) is 3.34. The minimum atomic E-state index is -0.0272. The molecule has 0 radical (unpaired) electrons. The molecule has 0 aliphatic carbocycles. The fourth-order valence-electron chi connectivity index (χ4n) is 3.92. The predicted octanol–water partition coefficient (Wildman–Crippen LogP) is 7.07. The van der Waals surface area contributed by atoms with Crippen LogP contribution < -0.4 is 4.90 Å². The SMILES string of the molecule is CCN1/C(=C\C=C2/SC(=S)N(Cc3ccccc3)C2=O)Sc2ccc(-c3ccccc3)cc21. The summed E-state index contributed by atoms with van der Waals surface area (Å²) in [4.78, 5) is 18.9. The molecule has 0 bridgehead atoms. The first-order valence-corrected chi connectivity index (χ1v) is 12.8. The summed E-state index contributed by atoms with van der Waals surface area (Å²) in [5.74, 6) is -0.0272. The van der Waals surface area contributed by atoms with Crippen LogP contribution in [-0.4, -0.2) is 21.7 Å². The molecule has 3 nitrogen and oxygen atoms in total. The molecule has 33 heavy (non-hydrogen) atoms. The van der Waals surface area contributed by atoms with Gasteiger partial charge in [0.2, 0.25) is 0 Å². The van der Waals surface area contributed by atoms with E-state index >= 15 is 0 Å². The van der Waals surface area contributed by atoms with Crippen molar-refractivity contribution in [3.05, 3.63) is 107 Å². The molecule has 1 saturated heterocycles. The monoisotopic (exact) mass is 486 g/mol. The Bertz CT molecular complexity index is 1270. The van der Waals surface area contributed by atoms with Gasteiger partial charge in [-0.2, -0.15) is 0 Å². The average molecular weight is 487 g/mol. The molecule has 0 spiro atoms. The second kappa shape index (κ2) is 9.59. The van der Waals surface area contributed by atoms with E-state index in [1.54, 1.807) is 16.7 Å². The number of thiocarbonyl (C=S) groups is 1. The molecule has 2 aliphatic rings. The van der Waals surface area contributed by atoms with Gasteiger partial charge in [0.1, 0.15) is 4.32 Å². The molecule has 0 N–H and O–H groups in total. The quantitative estimate of drug-likeness (QED) is 0.283. The van der Waals surface area contributed by atoms with Gasteiger partial charge in [0.25, 0.3) is 5.91 Å². The molecule has 164 valence electrons. The van der Waals surface area contributed by atoms with E-state index < -0.39 is 0 Å². The maximum Gasteiger partial charge on any atom is 0.266 e. The highest BCUT2D eigenvalue weighted by atomic mass is 32.2. The van der Waals surface area contributed by atoms with Crippen molar-refractivity contribution in [2.24, 2.45) is 0 Å². The molecule has 3 aromatic rings. The lowest BCUT2D eigenvalue weighted by atomic mass is 10.0. The van der Waals surface area contributed by atoms with Crippen molar-refractivity contribution in [1.82, 2.24) is 4.90 Å². The Morgan fingerprint density at radius 1 is 0.848 bits per heavy atom. The third-order valence-electron chi connectivity index (χ3n) is 5.59. The van der Waals surface area contributed by atoms with Crippen LogP contribution in [0.25, 0.3) is 11.1 Å². The molecule has 0 saturated carbocycles. The number of thioether (sulfide) groups is 2. The first kappa shape index (κ1) is 22.0. The van der Waals surface area contributed by atoms with Gasteiger partial charge in [-0.25, -0.2) is 0 Å². The number of carbonyl (C=O) groups is 1. The van der Waals surface area contributed by atoms with Gasteiger partial charge in [-0.15, -0.1) is 0 Å². The van der Waals surface area contributed by atoms with E-state index in [0.29, 0.717) is 15.8 Å². The highest BCUT2D eigenvalue weighted by molar-refractivity contribution is 8.26. The third-order valence-corrected chi connectivity index (χ3v) is 8.11. The number of benzene rings is 3. The van der Waals surface area contributed by atoms with Gasteiger partial charge in [-0.05, 0) is 47.9 Å². The highest BCUT2D eigenvalue weighted by Crippen LogP contribution is 2.47. The van der Waals surface area contributed by atoms with E-state index in [0.717, 1.165) is 17.1 Å². The third kappa shape index (κ3) is 4.51. The summed E-state index contributed by atoms with van der Waals surface area (Å²) >= 11 is 8.61. The van der Waals surface area contributed by atoms with Crippen LogP contribution in [0.15, 0.2) is 106 Å². The summed E-state index contributed by atoms with van der Waals surface area (Å²) < 4.78 is 0.607. The second-order valence-corrected chi connectivity index (χ2v) is 10.4. The Balaban J connectivity index is 1.37. The van der Waals surface area contributed by atoms with E-state index in [4.69, 9.17) is 12.2 Å². The molecular formula is C27H22N2OS3. The van der Waals surface area contributed by atoms with Crippen molar-refractivity contribution in [2.75, 3.05) is 11.4 Å². The largest absolute Gasteiger partial charge is 0.335 e. The molecule has 2 heterocycles. The van der Waals surface area contributed by atoms with Crippen LogP contribution in [0.3, 0.4) is 0 Å². The second-order valence-electron chi connectivity index (χ2n) is 7.68. The van der Waals surface area contributed by atoms with Gasteiger partial charge in [0.05, 0.1) is 22.2 Å². The van der Waals surface area contributed by atoms with Crippen molar-refractivity contribution in [2.45, 2.75) is 18.4 Å². The number of rotatable bonds is 5. The van der Waals surface area contributed by atoms with Crippen LogP contribution in [-0.2, 0) is 11.3 Å². The Morgan fingerprint density at radius 2 is 1.58 bits per heavy atom. The summed E-state index contributed by atoms with van der Waals surface area (Å²) in [6.45, 7) is 3.51. The van der Waals surface area contributed by atoms with E-state index in [1.807, 2.05) is 48.6 Å². The zero-order valence-corrected chi connectivity index (χ0v) is 20.6. The lowest BCUT2D eigenvalue weighted by Gasteiger charge is -2.18. The zero-order valence-electron chi connectivity index (χ0n) is 18.1. The van der Waals surface area contributed by atoms with Gasteiger partial charge >= 0.3 is 0 Å². The van der Waals surface area contributed by atoms with Crippen molar-refractivity contribution in [3.63, 3.8) is 0 Å². The van der Waals surface area contributed by atoms with Crippen molar-refractivity contribution in [1.29, 1.82) is 0 Å². The van der Waals surface area contributed by atoms with Gasteiger partial charge in [-0.3, -0.25) is 9.69 Å². The molecule has 5 rings (SSSR count). The number of allylic oxidation sites excluding steroid dienone is 2. The minimum absolute atomic E-state index is 0.0272. The Hall–Kier alpha value is -2.80. The minimum Gasteiger partial charge on any atom is -0.335 e. The number of nitrogens with zero attached hydrogens (tertiary/aromatic N) is 2. The van der Waals surface area contributed by atoms with Gasteiger partial charge < -0.3 is 4.90 Å². The maximum atomic E-state index is 13.0. The number of fused-ring (bicyclic) bond motifs is 1. The van der Waals surface area contributed by atoms with E-state index in [1.165, 1.54) is 33.5 Å². The maximum absolute atomic E-state index is 13.0. The van der Waals surface area contributed by atoms with Gasteiger partial charge in [-0.1, -0.05) is 102 Å². The van der Waals surface area contributed by atoms with E-state index in [9.17, 15) is 4.79 Å². The smallest absolute Gasteiger partial charge is 0.266 e. The summed E-state index contributed by atoms with van der Waals surface area (Å²) in [5.41, 5.74) is 4.69. The van der Waals surface area contributed by atoms with E-state index in [2.05, 4.69) is 54.3 Å². The first-order chi connectivity index (χ1) is 16.1. The van der Waals surface area contributed by atoms with Gasteiger partial charge in [0.15, 0.2) is 0 Å². The number of anilines is 1. The summed E-state index contributed by atoms with van der Waals surface area (Å²) in [7, 11) is 0. The van der Waals surface area contributed by atoms with Crippen LogP contribution in [0.4, 0.5) is 5.69 Å². The van der Waals surface area contributed by atoms with E-state index in [-0.39, 0.29) is 5.91 Å². The van der Waals surface area contributed by atoms with Crippen molar-refractivity contribution >= 4 is 51.7 Å². The number of hydrogen-bond donors (Lipinski definition) is 0. The molecule has 3 aromatic carbocycles. The topological polar surface area (TPSA) is 23.6 Å². The standard InChI is InChI=1S/C27H22N2OS3/c1-2-28-22-17-21(20-11-7-4-8-12-20)13-14-23(22)32-25(28)16-15-24-26(30)29(27(31)33-24)18-19-9-5-3-6-10-19/h3-17H,2,18H2,1H3/b24-15-,25-16+. The van der Waals surface area contributed by atoms with Crippen LogP contribution in [0.2, 0.25) is 0 Å². The Labute approximate surface area is 208 Å². The normalized spacial score (nSPS) is 18.0. The summed E-state index contributed by atoms with van der Waals surface area (Å²) in [6, 6.07) is 27.0. The number of carbonyl (C=O) groups excluding carboxylic acids is 1. The lowest BCUT2D eigenvalue weighted by Crippen LogP contribution is -2.27. The Kier molecular flexibility index (Phi) is 6.40. The molecule has 1 amide bonds. The summed E-state index contributed by atoms with van der Waals surface area (Å²) in [5, 5.41) is 1.12. The fourth-order valence-corrected chi connectivity index (χ4v) is 6.23. The molecule has 0 aromatic heterocycles. The summed E-state index contributed by atoms with van der Waals surface area (Å²) in [6.07, 6.45) is 3.96. The van der Waals surface area contributed by atoms with Crippen LogP contribution in [0, 0.1) is 0 Å². The molecule has 6 heteroatoms. The van der Waals surface area contributed by atoms with Crippen molar-refractivity contribution < 1.29 is 4.79 Å². The predicted molar refractivity (Wildman–Crippen MR) is 144 cm³/mol. The van der Waals surface area contributed by atoms with Gasteiger partial charge in [0, 0.05) is 11.4 Å². The molecule has 1 fully saturated rings. The highest BCUT2D eigenvalue weighted by Gasteiger charge is 2.32. The first-order valence-electron chi connectivity index (χ1n) is 10.8. The number of amides is 1. The van der Waals surface area contributed by atoms with Crippen LogP contribution in [0.5, 0.6) is 0 Å². The molecule has 0 unspecified atom stereocenters. The molecular weight excluding hydrogens is 465 g/mol. The number of hydrogen-bond acceptors (Lipinski definition) is 5. The zero-order chi connectivity index (χ0) is 22.8. The van der Waals surface area contributed by atoms with Crippen LogP contribution >= 0.6 is 35.7 Å². The molecule has 0 atom stereocenters. The van der Waals surface area contributed by atoms with Crippen LogP contribution in [0.1, 0.15) is 12.5 Å². The Morgan fingerprint density at radius 3 is 2.30 bits per heavy atom.